The Kier molecular flexibility index (Phi) is 6.89. The van der Waals surface area contributed by atoms with Crippen molar-refractivity contribution in [3.8, 4) is 0 Å². The van der Waals surface area contributed by atoms with E-state index in [9.17, 15) is 18.0 Å². The Hall–Kier alpha value is -2.73. The van der Waals surface area contributed by atoms with Crippen LogP contribution in [0.15, 0.2) is 36.4 Å². The maximum atomic E-state index is 12.5. The zero-order valence-corrected chi connectivity index (χ0v) is 19.1. The van der Waals surface area contributed by atoms with Crippen LogP contribution in [0.1, 0.15) is 15.9 Å². The normalized spacial score (nSPS) is 14.0. The lowest BCUT2D eigenvalue weighted by Crippen LogP contribution is -2.36. The zero-order valence-electron chi connectivity index (χ0n) is 16.7. The van der Waals surface area contributed by atoms with Crippen molar-refractivity contribution in [2.45, 2.75) is 5.75 Å². The molecule has 1 aromatic heterocycles. The van der Waals surface area contributed by atoms with Crippen LogP contribution in [0.2, 0.25) is 5.02 Å². The van der Waals surface area contributed by atoms with E-state index in [0.717, 1.165) is 23.5 Å². The first-order chi connectivity index (χ1) is 15.4. The number of hydrogen-bond donors (Lipinski definition) is 3. The number of hydrogen-bond acceptors (Lipinski definition) is 8. The average Bonchev–Trinajstić information content (AvgIpc) is 3.15. The molecular formula is C20H19ClN4O5S2. The van der Waals surface area contributed by atoms with E-state index in [1.807, 2.05) is 0 Å². The molecule has 2 heterocycles. The minimum absolute atomic E-state index is 0.0635. The van der Waals surface area contributed by atoms with Gasteiger partial charge in [-0.25, -0.2) is 18.2 Å². The minimum atomic E-state index is -2.53. The number of amides is 3. The number of aromatic nitrogens is 1. The summed E-state index contributed by atoms with van der Waals surface area (Å²) in [5.74, 6) is -0.699. The summed E-state index contributed by atoms with van der Waals surface area (Å²) in [5.41, 5.74) is 2.32. The predicted octanol–water partition coefficient (Wildman–Crippen LogP) is 2.86. The number of anilines is 2. The van der Waals surface area contributed by atoms with E-state index in [-0.39, 0.29) is 21.5 Å². The van der Waals surface area contributed by atoms with Gasteiger partial charge >= 0.3 is 6.03 Å². The second-order valence-electron chi connectivity index (χ2n) is 6.98. The lowest BCUT2D eigenvalue weighted by atomic mass is 10.1. The third kappa shape index (κ3) is 5.36. The van der Waals surface area contributed by atoms with Crippen molar-refractivity contribution < 1.29 is 22.7 Å². The Bertz CT molecular complexity index is 1250. The molecule has 2 aromatic carbocycles. The second kappa shape index (κ2) is 9.82. The molecule has 3 amide bonds. The fraction of sp³-hybridized carbons (Fsp3) is 0.250. The van der Waals surface area contributed by atoms with Gasteiger partial charge in [0.15, 0.2) is 5.13 Å². The molecule has 0 spiro atoms. The summed E-state index contributed by atoms with van der Waals surface area (Å²) in [7, 11) is -2.53. The molecule has 0 unspecified atom stereocenters. The third-order valence-corrected chi connectivity index (χ3v) is 6.66. The summed E-state index contributed by atoms with van der Waals surface area (Å²) in [6, 6.07) is 9.38. The molecule has 1 aliphatic heterocycles. The molecule has 0 atom stereocenters. The number of ether oxygens (including phenoxy) is 1. The Morgan fingerprint density at radius 2 is 1.94 bits per heavy atom. The Morgan fingerprint density at radius 1 is 1.16 bits per heavy atom. The highest BCUT2D eigenvalue weighted by atomic mass is 35.5. The number of carbonyl (C=O) groups excluding carboxylic acids is 2. The van der Waals surface area contributed by atoms with Crippen molar-refractivity contribution in [1.82, 2.24) is 10.3 Å². The molecule has 1 fully saturated rings. The van der Waals surface area contributed by atoms with E-state index in [0.29, 0.717) is 24.3 Å². The first-order valence-corrected chi connectivity index (χ1v) is 12.2. The molecule has 4 rings (SSSR count). The first-order valence-electron chi connectivity index (χ1n) is 9.65. The molecular weight excluding hydrogens is 476 g/mol. The predicted molar refractivity (Wildman–Crippen MR) is 125 cm³/mol. The van der Waals surface area contributed by atoms with E-state index < -0.39 is 22.6 Å². The van der Waals surface area contributed by atoms with Gasteiger partial charge in [-0.15, -0.1) is 0 Å². The highest BCUT2D eigenvalue weighted by Crippen LogP contribution is 2.27. The van der Waals surface area contributed by atoms with Crippen molar-refractivity contribution >= 4 is 66.6 Å². The molecule has 1 aliphatic rings. The van der Waals surface area contributed by atoms with Gasteiger partial charge in [-0.05, 0) is 35.9 Å². The van der Waals surface area contributed by atoms with Crippen molar-refractivity contribution in [3.63, 3.8) is 0 Å². The molecule has 2 N–H and O–H groups in total. The number of nitrogens with one attached hydrogen (secondary N) is 2. The quantitative estimate of drug-likeness (QED) is 0.467. The number of imide groups is 1. The number of thiol groups is 1. The van der Waals surface area contributed by atoms with E-state index in [4.69, 9.17) is 16.3 Å². The van der Waals surface area contributed by atoms with Gasteiger partial charge in [0.25, 0.3) is 5.91 Å². The minimum Gasteiger partial charge on any atom is -0.378 e. The lowest BCUT2D eigenvalue weighted by molar-refractivity contribution is 0.0967. The molecule has 32 heavy (non-hydrogen) atoms. The number of carbonyl (C=O) groups is 2. The zero-order chi connectivity index (χ0) is 22.7. The van der Waals surface area contributed by atoms with Gasteiger partial charge in [0.2, 0.25) is 0 Å². The second-order valence-corrected chi connectivity index (χ2v) is 9.40. The van der Waals surface area contributed by atoms with Gasteiger partial charge in [0.05, 0.1) is 39.8 Å². The number of nitrogens with zero attached hydrogens (tertiary/aromatic N) is 2. The first kappa shape index (κ1) is 22.5. The van der Waals surface area contributed by atoms with E-state index in [1.54, 1.807) is 36.4 Å². The van der Waals surface area contributed by atoms with Crippen LogP contribution < -0.4 is 15.5 Å². The Morgan fingerprint density at radius 3 is 2.66 bits per heavy atom. The standard InChI is InChI=1S/C20H19ClN4O5S2/c21-15-10-13(25-5-7-30-8-6-25)2-3-14(15)18(26)23-19(27)24-20-22-16-4-1-12(11-32(28)29)9-17(16)31-20/h1-4,9-10,32H,5-8,11H2,(H2,22,23,24,26,27). The van der Waals surface area contributed by atoms with Crippen LogP contribution in [0.25, 0.3) is 10.2 Å². The summed E-state index contributed by atoms with van der Waals surface area (Å²) >= 11 is 7.47. The lowest BCUT2D eigenvalue weighted by Gasteiger charge is -2.29. The van der Waals surface area contributed by atoms with E-state index in [1.165, 1.54) is 11.3 Å². The molecule has 0 aliphatic carbocycles. The fourth-order valence-electron chi connectivity index (χ4n) is 3.28. The van der Waals surface area contributed by atoms with Crippen LogP contribution in [0.3, 0.4) is 0 Å². The monoisotopic (exact) mass is 494 g/mol. The number of morpholine rings is 1. The molecule has 0 bridgehead atoms. The van der Waals surface area contributed by atoms with Gasteiger partial charge in [-0.3, -0.25) is 15.4 Å². The molecule has 168 valence electrons. The molecule has 3 aromatic rings. The molecule has 12 heteroatoms. The summed E-state index contributed by atoms with van der Waals surface area (Å²) < 4.78 is 27.9. The Labute approximate surface area is 194 Å². The van der Waals surface area contributed by atoms with Gasteiger partial charge in [-0.2, -0.15) is 0 Å². The smallest absolute Gasteiger partial charge is 0.327 e. The number of rotatable bonds is 5. The van der Waals surface area contributed by atoms with Crippen molar-refractivity contribution in [2.75, 3.05) is 36.5 Å². The molecule has 9 nitrogen and oxygen atoms in total. The summed E-state index contributed by atoms with van der Waals surface area (Å²) in [6.45, 7) is 2.74. The number of urea groups is 1. The van der Waals surface area contributed by atoms with Crippen LogP contribution in [0, 0.1) is 0 Å². The number of fused-ring (bicyclic) bond motifs is 1. The highest BCUT2D eigenvalue weighted by Gasteiger charge is 2.18. The van der Waals surface area contributed by atoms with Gasteiger partial charge in [0, 0.05) is 18.8 Å². The van der Waals surface area contributed by atoms with Crippen LogP contribution >= 0.6 is 22.9 Å². The Balaban J connectivity index is 1.40. The van der Waals surface area contributed by atoms with Crippen LogP contribution in [-0.2, 0) is 21.2 Å². The van der Waals surface area contributed by atoms with Gasteiger partial charge < -0.3 is 9.64 Å². The van der Waals surface area contributed by atoms with Crippen LogP contribution in [0.5, 0.6) is 0 Å². The summed E-state index contributed by atoms with van der Waals surface area (Å²) in [4.78, 5) is 31.2. The maximum absolute atomic E-state index is 12.5. The fourth-order valence-corrected chi connectivity index (χ4v) is 4.96. The number of halogens is 1. The van der Waals surface area contributed by atoms with Gasteiger partial charge in [0.1, 0.15) is 10.7 Å². The van der Waals surface area contributed by atoms with Gasteiger partial charge in [-0.1, -0.05) is 29.0 Å². The van der Waals surface area contributed by atoms with Crippen molar-refractivity contribution in [1.29, 1.82) is 0 Å². The maximum Gasteiger partial charge on any atom is 0.327 e. The van der Waals surface area contributed by atoms with Crippen LogP contribution in [-0.4, -0.2) is 51.6 Å². The van der Waals surface area contributed by atoms with Crippen molar-refractivity contribution in [2.24, 2.45) is 0 Å². The third-order valence-electron chi connectivity index (χ3n) is 4.79. The van der Waals surface area contributed by atoms with E-state index in [2.05, 4.69) is 20.5 Å². The molecule has 0 saturated carbocycles. The van der Waals surface area contributed by atoms with Crippen LogP contribution in [0.4, 0.5) is 15.6 Å². The number of benzene rings is 2. The van der Waals surface area contributed by atoms with E-state index >= 15 is 0 Å². The summed E-state index contributed by atoms with van der Waals surface area (Å²) in [5, 5.41) is 5.29. The van der Waals surface area contributed by atoms with Crippen molar-refractivity contribution in [3.05, 3.63) is 52.5 Å². The molecule has 1 saturated heterocycles. The topological polar surface area (TPSA) is 118 Å². The number of thiazole rings is 1. The highest BCUT2D eigenvalue weighted by molar-refractivity contribution is 7.71. The molecule has 0 radical (unpaired) electrons. The largest absolute Gasteiger partial charge is 0.378 e. The average molecular weight is 495 g/mol. The SMILES string of the molecule is O=C(NC(=O)c1ccc(N2CCOCC2)cc1Cl)Nc1nc2ccc(C[SH](=O)=O)cc2s1. The summed E-state index contributed by atoms with van der Waals surface area (Å²) in [6.07, 6.45) is 0.